The Bertz CT molecular complexity index is 390. The molecule has 0 fully saturated rings. The molecule has 1 rings (SSSR count). The number of hydrogen-bond donors (Lipinski definition) is 0. The molecule has 1 aromatic rings. The van der Waals surface area contributed by atoms with Crippen LogP contribution >= 0.6 is 11.6 Å². The van der Waals surface area contributed by atoms with E-state index in [0.29, 0.717) is 6.42 Å². The first kappa shape index (κ1) is 13.8. The van der Waals surface area contributed by atoms with Gasteiger partial charge in [0.05, 0.1) is 14.2 Å². The summed E-state index contributed by atoms with van der Waals surface area (Å²) in [7, 11) is 3.22. The third-order valence-electron chi connectivity index (χ3n) is 2.78. The fourth-order valence-corrected chi connectivity index (χ4v) is 2.01. The highest BCUT2D eigenvalue weighted by molar-refractivity contribution is 6.63. The van der Waals surface area contributed by atoms with Gasteiger partial charge in [-0.25, -0.2) is 0 Å². The standard InChI is InChI=1S/C13H17ClO3/c1-4-9(7-13(14)15)11-8-10(16-2)5-6-12(11)17-3/h5-6,8-9H,4,7H2,1-3H3. The molecule has 0 aromatic heterocycles. The van der Waals surface area contributed by atoms with E-state index >= 15 is 0 Å². The third kappa shape index (κ3) is 3.63. The van der Waals surface area contributed by atoms with E-state index in [4.69, 9.17) is 21.1 Å². The fourth-order valence-electron chi connectivity index (χ4n) is 1.83. The number of halogens is 1. The van der Waals surface area contributed by atoms with Gasteiger partial charge >= 0.3 is 0 Å². The van der Waals surface area contributed by atoms with Crippen molar-refractivity contribution in [2.75, 3.05) is 14.2 Å². The molecule has 0 spiro atoms. The van der Waals surface area contributed by atoms with E-state index in [1.165, 1.54) is 0 Å². The van der Waals surface area contributed by atoms with Gasteiger partial charge in [-0.3, -0.25) is 4.79 Å². The molecule has 0 heterocycles. The van der Waals surface area contributed by atoms with Gasteiger partial charge in [-0.1, -0.05) is 6.92 Å². The molecule has 0 saturated carbocycles. The average molecular weight is 257 g/mol. The van der Waals surface area contributed by atoms with Crippen molar-refractivity contribution in [2.24, 2.45) is 0 Å². The highest BCUT2D eigenvalue weighted by atomic mass is 35.5. The van der Waals surface area contributed by atoms with Crippen molar-refractivity contribution < 1.29 is 14.3 Å². The molecule has 1 aromatic carbocycles. The summed E-state index contributed by atoms with van der Waals surface area (Å²) < 4.78 is 10.5. The van der Waals surface area contributed by atoms with Crippen molar-refractivity contribution in [3.8, 4) is 11.5 Å². The zero-order chi connectivity index (χ0) is 12.8. The number of benzene rings is 1. The monoisotopic (exact) mass is 256 g/mol. The van der Waals surface area contributed by atoms with Crippen LogP contribution in [-0.4, -0.2) is 19.5 Å². The smallest absolute Gasteiger partial charge is 0.222 e. The van der Waals surface area contributed by atoms with Gasteiger partial charge in [-0.15, -0.1) is 0 Å². The number of ether oxygens (including phenoxy) is 2. The summed E-state index contributed by atoms with van der Waals surface area (Å²) in [5, 5.41) is -0.332. The maximum atomic E-state index is 11.0. The number of rotatable bonds is 6. The normalized spacial score (nSPS) is 12.0. The summed E-state index contributed by atoms with van der Waals surface area (Å²) in [5.74, 6) is 1.57. The van der Waals surface area contributed by atoms with Crippen LogP contribution < -0.4 is 9.47 Å². The second kappa shape index (κ2) is 6.50. The van der Waals surface area contributed by atoms with E-state index in [9.17, 15) is 4.79 Å². The average Bonchev–Trinajstić information content (AvgIpc) is 2.34. The van der Waals surface area contributed by atoms with Crippen LogP contribution in [0.4, 0.5) is 0 Å². The Kier molecular flexibility index (Phi) is 5.29. The Labute approximate surface area is 107 Å². The molecule has 0 bridgehead atoms. The van der Waals surface area contributed by atoms with Gasteiger partial charge in [-0.05, 0) is 42.1 Å². The predicted molar refractivity (Wildman–Crippen MR) is 68.1 cm³/mol. The number of carbonyl (C=O) groups is 1. The summed E-state index contributed by atoms with van der Waals surface area (Å²) in [6.07, 6.45) is 1.13. The molecule has 4 heteroatoms. The number of methoxy groups -OCH3 is 2. The van der Waals surface area contributed by atoms with Crippen molar-refractivity contribution in [3.05, 3.63) is 23.8 Å². The summed E-state index contributed by atoms with van der Waals surface area (Å²) in [4.78, 5) is 11.0. The van der Waals surface area contributed by atoms with Crippen molar-refractivity contribution in [2.45, 2.75) is 25.7 Å². The van der Waals surface area contributed by atoms with Crippen LogP contribution in [0.2, 0.25) is 0 Å². The molecule has 1 atom stereocenters. The second-order valence-electron chi connectivity index (χ2n) is 3.77. The Balaban J connectivity index is 3.09. The second-order valence-corrected chi connectivity index (χ2v) is 4.19. The van der Waals surface area contributed by atoms with Gasteiger partial charge in [0.1, 0.15) is 11.5 Å². The SMILES string of the molecule is CCC(CC(=O)Cl)c1cc(OC)ccc1OC. The first-order valence-corrected chi connectivity index (χ1v) is 5.90. The quantitative estimate of drug-likeness (QED) is 0.732. The fraction of sp³-hybridized carbons (Fsp3) is 0.462. The lowest BCUT2D eigenvalue weighted by Crippen LogP contribution is -2.04. The minimum absolute atomic E-state index is 0.0602. The van der Waals surface area contributed by atoms with Crippen LogP contribution in [0, 0.1) is 0 Å². The van der Waals surface area contributed by atoms with Gasteiger partial charge in [0.25, 0.3) is 0 Å². The lowest BCUT2D eigenvalue weighted by atomic mass is 9.92. The molecule has 94 valence electrons. The molecule has 0 aliphatic heterocycles. The van der Waals surface area contributed by atoms with E-state index < -0.39 is 0 Å². The van der Waals surface area contributed by atoms with E-state index in [1.54, 1.807) is 14.2 Å². The Morgan fingerprint density at radius 1 is 1.35 bits per heavy atom. The van der Waals surface area contributed by atoms with Crippen LogP contribution in [0.5, 0.6) is 11.5 Å². The van der Waals surface area contributed by atoms with Crippen LogP contribution in [0.15, 0.2) is 18.2 Å². The first-order valence-electron chi connectivity index (χ1n) is 5.52. The van der Waals surface area contributed by atoms with Gasteiger partial charge in [-0.2, -0.15) is 0 Å². The summed E-state index contributed by atoms with van der Waals surface area (Å²) in [5.41, 5.74) is 0.961. The van der Waals surface area contributed by atoms with Crippen LogP contribution in [-0.2, 0) is 4.79 Å². The summed E-state index contributed by atoms with van der Waals surface area (Å²) in [6.45, 7) is 2.02. The van der Waals surface area contributed by atoms with Gasteiger partial charge in [0.2, 0.25) is 5.24 Å². The molecule has 0 saturated heterocycles. The molecule has 0 N–H and O–H groups in total. The lowest BCUT2D eigenvalue weighted by Gasteiger charge is -2.17. The third-order valence-corrected chi connectivity index (χ3v) is 2.93. The molecule has 0 amide bonds. The van der Waals surface area contributed by atoms with E-state index in [1.807, 2.05) is 25.1 Å². The zero-order valence-electron chi connectivity index (χ0n) is 10.3. The van der Waals surface area contributed by atoms with Crippen LogP contribution in [0.25, 0.3) is 0 Å². The van der Waals surface area contributed by atoms with E-state index in [-0.39, 0.29) is 11.2 Å². The maximum Gasteiger partial charge on any atom is 0.222 e. The van der Waals surface area contributed by atoms with Crippen molar-refractivity contribution in [1.29, 1.82) is 0 Å². The predicted octanol–water partition coefficient (Wildman–Crippen LogP) is 3.35. The van der Waals surface area contributed by atoms with E-state index in [0.717, 1.165) is 23.5 Å². The molecule has 0 radical (unpaired) electrons. The van der Waals surface area contributed by atoms with Crippen molar-refractivity contribution in [3.63, 3.8) is 0 Å². The molecule has 0 aliphatic carbocycles. The largest absolute Gasteiger partial charge is 0.497 e. The molecule has 3 nitrogen and oxygen atoms in total. The Morgan fingerprint density at radius 2 is 2.06 bits per heavy atom. The topological polar surface area (TPSA) is 35.5 Å². The lowest BCUT2D eigenvalue weighted by molar-refractivity contribution is -0.112. The minimum Gasteiger partial charge on any atom is -0.497 e. The van der Waals surface area contributed by atoms with Crippen molar-refractivity contribution >= 4 is 16.8 Å². The summed E-state index contributed by atoms with van der Waals surface area (Å²) >= 11 is 5.46. The van der Waals surface area contributed by atoms with E-state index in [2.05, 4.69) is 0 Å². The van der Waals surface area contributed by atoms with Gasteiger partial charge in [0.15, 0.2) is 0 Å². The molecular formula is C13H17ClO3. The number of hydrogen-bond acceptors (Lipinski definition) is 3. The maximum absolute atomic E-state index is 11.0. The van der Waals surface area contributed by atoms with Gasteiger partial charge in [0, 0.05) is 12.0 Å². The first-order chi connectivity index (χ1) is 8.12. The Hall–Kier alpha value is -1.22. The summed E-state index contributed by atoms with van der Waals surface area (Å²) in [6, 6.07) is 5.57. The van der Waals surface area contributed by atoms with Crippen LogP contribution in [0.1, 0.15) is 31.2 Å². The van der Waals surface area contributed by atoms with Gasteiger partial charge < -0.3 is 9.47 Å². The molecule has 17 heavy (non-hydrogen) atoms. The Morgan fingerprint density at radius 3 is 2.53 bits per heavy atom. The van der Waals surface area contributed by atoms with Crippen molar-refractivity contribution in [1.82, 2.24) is 0 Å². The zero-order valence-corrected chi connectivity index (χ0v) is 11.1. The minimum atomic E-state index is -0.332. The van der Waals surface area contributed by atoms with Crippen LogP contribution in [0.3, 0.4) is 0 Å². The number of carbonyl (C=O) groups excluding carboxylic acids is 1. The highest BCUT2D eigenvalue weighted by Gasteiger charge is 2.18. The molecular weight excluding hydrogens is 240 g/mol. The molecule has 0 aliphatic rings. The highest BCUT2D eigenvalue weighted by Crippen LogP contribution is 2.34. The molecule has 1 unspecified atom stereocenters.